The Bertz CT molecular complexity index is 2870. The molecule has 14 nitrogen and oxygen atoms in total. The van der Waals surface area contributed by atoms with Crippen LogP contribution in [0.4, 0.5) is 0 Å². The van der Waals surface area contributed by atoms with Crippen molar-refractivity contribution < 1.29 is 19.1 Å². The first-order valence-corrected chi connectivity index (χ1v) is 25.1. The maximum atomic E-state index is 14.0. The fraction of sp³-hybridized carbons (Fsp3) is 0.453. The first kappa shape index (κ1) is 46.1. The minimum Gasteiger partial charge on any atom is -0.497 e. The molecule has 0 N–H and O–H groups in total. The molecule has 10 rings (SSSR count). The van der Waals surface area contributed by atoms with Crippen LogP contribution in [0, 0.1) is 5.92 Å². The van der Waals surface area contributed by atoms with Crippen LogP contribution < -0.4 is 10.4 Å². The van der Waals surface area contributed by atoms with Crippen LogP contribution in [0.3, 0.4) is 0 Å². The predicted octanol–water partition coefficient (Wildman–Crippen LogP) is 6.94. The number of carbonyl (C=O) groups excluding carboxylic acids is 3. The molecule has 7 heterocycles. The molecule has 68 heavy (non-hydrogen) atoms. The Balaban J connectivity index is 0.677. The molecule has 15 heteroatoms. The van der Waals surface area contributed by atoms with Crippen molar-refractivity contribution in [1.29, 1.82) is 0 Å². The molecular weight excluding hydrogens is 923 g/mol. The number of piperidine rings is 3. The zero-order chi connectivity index (χ0) is 47.1. The lowest BCUT2D eigenvalue weighted by atomic mass is 9.88. The van der Waals surface area contributed by atoms with Crippen molar-refractivity contribution in [2.75, 3.05) is 66.0 Å². The minimum atomic E-state index is -0.757. The van der Waals surface area contributed by atoms with E-state index in [0.29, 0.717) is 17.6 Å². The molecule has 356 valence electrons. The molecule has 0 aliphatic carbocycles. The van der Waals surface area contributed by atoms with Gasteiger partial charge in [0.25, 0.3) is 11.8 Å². The number of aromatic nitrogens is 4. The van der Waals surface area contributed by atoms with Gasteiger partial charge >= 0.3 is 5.69 Å². The smallest absolute Gasteiger partial charge is 0.329 e. The number of imide groups is 1. The lowest BCUT2D eigenvalue weighted by Crippen LogP contribution is -2.48. The maximum Gasteiger partial charge on any atom is 0.329 e. The third-order valence-electron chi connectivity index (χ3n) is 15.3. The quantitative estimate of drug-likeness (QED) is 0.120. The minimum absolute atomic E-state index is 0.146. The number of pyridine rings is 1. The number of methoxy groups -OCH3 is 1. The van der Waals surface area contributed by atoms with Gasteiger partial charge < -0.3 is 19.1 Å². The van der Waals surface area contributed by atoms with E-state index in [-0.39, 0.29) is 42.8 Å². The third-order valence-corrected chi connectivity index (χ3v) is 16.0. The summed E-state index contributed by atoms with van der Waals surface area (Å²) in [6, 6.07) is 25.4. The number of amides is 3. The summed E-state index contributed by atoms with van der Waals surface area (Å²) in [5.74, 6) is 1.35. The van der Waals surface area contributed by atoms with E-state index >= 15 is 0 Å². The predicted molar refractivity (Wildman–Crippen MR) is 266 cm³/mol. The van der Waals surface area contributed by atoms with Gasteiger partial charge in [0.2, 0.25) is 5.91 Å². The van der Waals surface area contributed by atoms with Crippen molar-refractivity contribution in [1.82, 2.24) is 43.2 Å². The second-order valence-electron chi connectivity index (χ2n) is 19.5. The number of imidazole rings is 1. The normalized spacial score (nSPS) is 19.7. The highest BCUT2D eigenvalue weighted by molar-refractivity contribution is 9.10. The number of halogens is 1. The van der Waals surface area contributed by atoms with E-state index in [1.165, 1.54) is 16.2 Å². The van der Waals surface area contributed by atoms with Crippen LogP contribution in [0.1, 0.15) is 83.2 Å². The van der Waals surface area contributed by atoms with Crippen molar-refractivity contribution in [2.24, 2.45) is 20.0 Å². The molecule has 0 saturated carbocycles. The number of nitrogens with zero attached hydrogens (tertiary/aromatic N) is 9. The summed E-state index contributed by atoms with van der Waals surface area (Å²) in [5.41, 5.74) is 7.56. The van der Waals surface area contributed by atoms with Gasteiger partial charge in [0.1, 0.15) is 17.4 Å². The van der Waals surface area contributed by atoms with E-state index in [4.69, 9.17) is 4.74 Å². The number of benzene rings is 3. The van der Waals surface area contributed by atoms with E-state index in [0.717, 1.165) is 141 Å². The highest BCUT2D eigenvalue weighted by atomic mass is 79.9. The number of ether oxygens (including phenoxy) is 1. The summed E-state index contributed by atoms with van der Waals surface area (Å²) < 4.78 is 11.8. The number of fused-ring (bicyclic) bond motifs is 2. The number of aryl methyl sites for hydroxylation is 2. The molecule has 3 amide bonds. The topological polar surface area (TPSA) is 121 Å². The summed E-state index contributed by atoms with van der Waals surface area (Å²) >= 11 is 3.68. The fourth-order valence-electron chi connectivity index (χ4n) is 11.2. The molecule has 4 saturated heterocycles. The van der Waals surface area contributed by atoms with Crippen molar-refractivity contribution in [3.63, 3.8) is 0 Å². The Kier molecular flexibility index (Phi) is 13.4. The van der Waals surface area contributed by atoms with E-state index in [2.05, 4.69) is 77.6 Å². The van der Waals surface area contributed by atoms with E-state index in [1.54, 1.807) is 23.3 Å². The van der Waals surface area contributed by atoms with Crippen LogP contribution in [-0.4, -0.2) is 127 Å². The standard InChI is InChI=1S/C53H62BrN9O5/c1-56-42(31-44-45(54)16-21-55-50(44)56)35-58-22-19-40(20-23-58)39-7-9-41(10-8-39)51(65)61-24-17-37(18-25-61)32-59-26-28-60(29-27-59)33-38-6-13-46-48(30-38)63(53(67)57(46)2)47-14-15-49(64)62(52(47)66)34-36-4-11-43(68-3)12-5-36/h4-13,16,21,30-31,37,40,47H,14-15,17-20,22-29,32-35H2,1-3H3. The van der Waals surface area contributed by atoms with Gasteiger partial charge in [-0.15, -0.1) is 0 Å². The molecule has 4 aliphatic rings. The Labute approximate surface area is 406 Å². The van der Waals surface area contributed by atoms with Gasteiger partial charge in [-0.05, 0) is 138 Å². The van der Waals surface area contributed by atoms with Crippen molar-refractivity contribution in [2.45, 2.75) is 70.1 Å². The van der Waals surface area contributed by atoms with E-state index in [1.807, 2.05) is 59.6 Å². The van der Waals surface area contributed by atoms with Crippen molar-refractivity contribution in [3.8, 4) is 5.75 Å². The fourth-order valence-corrected chi connectivity index (χ4v) is 11.6. The van der Waals surface area contributed by atoms with Crippen molar-refractivity contribution >= 4 is 55.7 Å². The lowest BCUT2D eigenvalue weighted by molar-refractivity contribution is -0.151. The van der Waals surface area contributed by atoms with Crippen LogP contribution in [0.5, 0.6) is 5.75 Å². The third kappa shape index (κ3) is 9.42. The number of carbonyl (C=O) groups is 3. The molecule has 3 aromatic heterocycles. The first-order valence-electron chi connectivity index (χ1n) is 24.3. The highest BCUT2D eigenvalue weighted by Crippen LogP contribution is 2.33. The highest BCUT2D eigenvalue weighted by Gasteiger charge is 2.38. The average molecular weight is 985 g/mol. The number of hydrogen-bond acceptors (Lipinski definition) is 9. The summed E-state index contributed by atoms with van der Waals surface area (Å²) in [6.07, 6.45) is 6.59. The Morgan fingerprint density at radius 3 is 2.10 bits per heavy atom. The molecule has 6 aromatic rings. The number of hydrogen-bond donors (Lipinski definition) is 0. The molecule has 3 aromatic carbocycles. The molecule has 0 bridgehead atoms. The molecule has 4 aliphatic heterocycles. The lowest BCUT2D eigenvalue weighted by Gasteiger charge is -2.39. The summed E-state index contributed by atoms with van der Waals surface area (Å²) in [7, 11) is 5.44. The Hall–Kier alpha value is -5.61. The molecule has 1 atom stereocenters. The van der Waals surface area contributed by atoms with E-state index in [9.17, 15) is 19.2 Å². The summed E-state index contributed by atoms with van der Waals surface area (Å²) in [4.78, 5) is 69.9. The maximum absolute atomic E-state index is 14.0. The second-order valence-corrected chi connectivity index (χ2v) is 20.3. The number of likely N-dealkylation sites (tertiary alicyclic amines) is 3. The number of rotatable bonds is 12. The van der Waals surface area contributed by atoms with Crippen molar-refractivity contribution in [3.05, 3.63) is 128 Å². The van der Waals surface area contributed by atoms with Crippen LogP contribution in [0.15, 0.2) is 94.3 Å². The van der Waals surface area contributed by atoms with Crippen LogP contribution >= 0.6 is 15.9 Å². The number of piperazine rings is 1. The van der Waals surface area contributed by atoms with E-state index < -0.39 is 6.04 Å². The molecule has 4 fully saturated rings. The Morgan fingerprint density at radius 1 is 0.706 bits per heavy atom. The zero-order valence-corrected chi connectivity index (χ0v) is 41.1. The Morgan fingerprint density at radius 2 is 1.40 bits per heavy atom. The van der Waals surface area contributed by atoms with Gasteiger partial charge in [0, 0.05) is 107 Å². The van der Waals surface area contributed by atoms with Crippen LogP contribution in [0.25, 0.3) is 22.1 Å². The molecule has 0 radical (unpaired) electrons. The largest absolute Gasteiger partial charge is 0.497 e. The van der Waals surface area contributed by atoms with Gasteiger partial charge in [-0.3, -0.25) is 38.2 Å². The first-order chi connectivity index (χ1) is 33.0. The zero-order valence-electron chi connectivity index (χ0n) is 39.5. The second kappa shape index (κ2) is 19.8. The SMILES string of the molecule is COc1ccc(CN2C(=O)CCC(n3c(=O)n(C)c4ccc(CN5CCN(CC6CCN(C(=O)c7ccc(C8CCN(Cc9cc%10c(Br)ccnc%10n9C)CC8)cc7)CC6)CC5)cc43)C2=O)cc1. The summed E-state index contributed by atoms with van der Waals surface area (Å²) in [6.45, 7) is 10.4. The molecule has 0 spiro atoms. The molecular formula is C53H62BrN9O5. The van der Waals surface area contributed by atoms with Gasteiger partial charge in [-0.1, -0.05) is 30.3 Å². The van der Waals surface area contributed by atoms with Gasteiger partial charge in [-0.2, -0.15) is 0 Å². The van der Waals surface area contributed by atoms with Gasteiger partial charge in [-0.25, -0.2) is 9.78 Å². The van der Waals surface area contributed by atoms with Gasteiger partial charge in [0.05, 0.1) is 24.7 Å². The molecule has 1 unspecified atom stereocenters. The van der Waals surface area contributed by atoms with Gasteiger partial charge in [0.15, 0.2) is 0 Å². The monoisotopic (exact) mass is 983 g/mol. The van der Waals surface area contributed by atoms with Crippen LogP contribution in [0.2, 0.25) is 0 Å². The average Bonchev–Trinajstić information content (AvgIpc) is 3.81. The van der Waals surface area contributed by atoms with Crippen LogP contribution in [-0.2, 0) is 43.3 Å². The summed E-state index contributed by atoms with van der Waals surface area (Å²) in [5, 5.41) is 1.16.